The number of hydrogen-bond acceptors (Lipinski definition) is 3. The summed E-state index contributed by atoms with van der Waals surface area (Å²) in [5.41, 5.74) is 0. The minimum absolute atomic E-state index is 0.0650. The third kappa shape index (κ3) is 5.93. The molecule has 2 rings (SSSR count). The molecule has 1 aliphatic heterocycles. The van der Waals surface area contributed by atoms with E-state index in [2.05, 4.69) is 21.6 Å². The smallest absolute Gasteiger partial charge is 0.314 e. The van der Waals surface area contributed by atoms with Gasteiger partial charge in [-0.3, -0.25) is 4.90 Å². The van der Waals surface area contributed by atoms with E-state index >= 15 is 0 Å². The molecule has 2 N–H and O–H groups in total. The van der Waals surface area contributed by atoms with Gasteiger partial charge in [-0.2, -0.15) is 0 Å². The summed E-state index contributed by atoms with van der Waals surface area (Å²) < 4.78 is 5.28. The number of furan rings is 1. The predicted octanol–water partition coefficient (Wildman–Crippen LogP) is 2.71. The van der Waals surface area contributed by atoms with Crippen molar-refractivity contribution >= 4 is 12.1 Å². The van der Waals surface area contributed by atoms with Crippen LogP contribution in [0.1, 0.15) is 32.4 Å². The van der Waals surface area contributed by atoms with Crippen molar-refractivity contribution in [1.82, 2.24) is 15.5 Å². The number of likely N-dealkylation sites (tertiary alicyclic amines) is 1. The van der Waals surface area contributed by atoms with Gasteiger partial charge in [0, 0.05) is 25.7 Å². The minimum Gasteiger partial charge on any atom is -0.465 e. The molecule has 1 saturated heterocycles. The SMILES string of the molecule is CC(C)NC(=O)NCC1CCCN(C/C=C/c2ccco2)C1. The highest BCUT2D eigenvalue weighted by Crippen LogP contribution is 2.15. The van der Waals surface area contributed by atoms with Crippen LogP contribution in [0.5, 0.6) is 0 Å². The summed E-state index contributed by atoms with van der Waals surface area (Å²) in [5.74, 6) is 1.42. The molecule has 2 heterocycles. The number of nitrogens with zero attached hydrogens (tertiary/aromatic N) is 1. The van der Waals surface area contributed by atoms with Crippen LogP contribution < -0.4 is 10.6 Å². The lowest BCUT2D eigenvalue weighted by Crippen LogP contribution is -2.45. The number of rotatable bonds is 6. The van der Waals surface area contributed by atoms with Crippen molar-refractivity contribution in [3.05, 3.63) is 30.2 Å². The van der Waals surface area contributed by atoms with Crippen molar-refractivity contribution in [3.8, 4) is 0 Å². The normalized spacial score (nSPS) is 19.7. The zero-order chi connectivity index (χ0) is 15.8. The summed E-state index contributed by atoms with van der Waals surface area (Å²) in [6.07, 6.45) is 8.20. The predicted molar refractivity (Wildman–Crippen MR) is 88.6 cm³/mol. The van der Waals surface area contributed by atoms with E-state index in [1.165, 1.54) is 12.8 Å². The largest absolute Gasteiger partial charge is 0.465 e. The molecule has 1 aromatic rings. The van der Waals surface area contributed by atoms with Gasteiger partial charge in [0.1, 0.15) is 5.76 Å². The molecule has 0 aromatic carbocycles. The Hall–Kier alpha value is -1.75. The summed E-state index contributed by atoms with van der Waals surface area (Å²) in [7, 11) is 0. The van der Waals surface area contributed by atoms with Crippen LogP contribution in [-0.2, 0) is 0 Å². The quantitative estimate of drug-likeness (QED) is 0.849. The molecule has 1 fully saturated rings. The number of nitrogens with one attached hydrogen (secondary N) is 2. The lowest BCUT2D eigenvalue weighted by Gasteiger charge is -2.32. The van der Waals surface area contributed by atoms with Crippen LogP contribution in [0.3, 0.4) is 0 Å². The van der Waals surface area contributed by atoms with Crippen LogP contribution in [0.25, 0.3) is 6.08 Å². The highest BCUT2D eigenvalue weighted by Gasteiger charge is 2.19. The van der Waals surface area contributed by atoms with Gasteiger partial charge in [0.15, 0.2) is 0 Å². The van der Waals surface area contributed by atoms with Crippen LogP contribution >= 0.6 is 0 Å². The molecule has 1 aliphatic rings. The highest BCUT2D eigenvalue weighted by atomic mass is 16.3. The van der Waals surface area contributed by atoms with Gasteiger partial charge in [0.25, 0.3) is 0 Å². The van der Waals surface area contributed by atoms with Gasteiger partial charge in [-0.1, -0.05) is 6.08 Å². The molecule has 22 heavy (non-hydrogen) atoms. The fraction of sp³-hybridized carbons (Fsp3) is 0.588. The summed E-state index contributed by atoms with van der Waals surface area (Å²) >= 11 is 0. The Kier molecular flexibility index (Phi) is 6.52. The standard InChI is InChI=1S/C17H27N3O2/c1-14(2)19-17(21)18-12-15-6-3-9-20(13-15)10-4-7-16-8-5-11-22-16/h4-5,7-8,11,14-15H,3,6,9-10,12-13H2,1-2H3,(H2,18,19,21)/b7-4+. The first-order valence-electron chi connectivity index (χ1n) is 8.10. The van der Waals surface area contributed by atoms with Crippen molar-refractivity contribution in [2.75, 3.05) is 26.2 Å². The molecular weight excluding hydrogens is 278 g/mol. The molecule has 1 aromatic heterocycles. The first-order valence-corrected chi connectivity index (χ1v) is 8.10. The molecule has 5 heteroatoms. The van der Waals surface area contributed by atoms with E-state index < -0.39 is 0 Å². The average Bonchev–Trinajstić information content (AvgIpc) is 2.98. The van der Waals surface area contributed by atoms with E-state index in [4.69, 9.17) is 4.42 Å². The second kappa shape index (κ2) is 8.63. The number of carbonyl (C=O) groups excluding carboxylic acids is 1. The van der Waals surface area contributed by atoms with E-state index in [-0.39, 0.29) is 12.1 Å². The lowest BCUT2D eigenvalue weighted by molar-refractivity contribution is 0.186. The maximum atomic E-state index is 11.6. The maximum absolute atomic E-state index is 11.6. The highest BCUT2D eigenvalue weighted by molar-refractivity contribution is 5.74. The molecule has 0 aliphatic carbocycles. The van der Waals surface area contributed by atoms with Crippen LogP contribution in [0.15, 0.2) is 28.9 Å². The third-order valence-electron chi connectivity index (χ3n) is 3.76. The zero-order valence-electron chi connectivity index (χ0n) is 13.5. The summed E-state index contributed by atoms with van der Waals surface area (Å²) in [5, 5.41) is 5.83. The molecular formula is C17H27N3O2. The fourth-order valence-electron chi connectivity index (χ4n) is 2.74. The molecule has 0 bridgehead atoms. The molecule has 0 spiro atoms. The second-order valence-electron chi connectivity index (χ2n) is 6.19. The van der Waals surface area contributed by atoms with E-state index in [1.54, 1.807) is 6.26 Å². The molecule has 2 amide bonds. The number of amides is 2. The Morgan fingerprint density at radius 2 is 2.41 bits per heavy atom. The Morgan fingerprint density at radius 1 is 1.55 bits per heavy atom. The zero-order valence-corrected chi connectivity index (χ0v) is 13.5. The average molecular weight is 305 g/mol. The Morgan fingerprint density at radius 3 is 3.14 bits per heavy atom. The van der Waals surface area contributed by atoms with E-state index in [0.717, 1.165) is 31.9 Å². The van der Waals surface area contributed by atoms with Gasteiger partial charge in [-0.15, -0.1) is 0 Å². The summed E-state index contributed by atoms with van der Waals surface area (Å²) in [6, 6.07) is 3.96. The maximum Gasteiger partial charge on any atom is 0.314 e. The van der Waals surface area contributed by atoms with Crippen LogP contribution in [0, 0.1) is 5.92 Å². The van der Waals surface area contributed by atoms with Gasteiger partial charge >= 0.3 is 6.03 Å². The number of carbonyl (C=O) groups is 1. The number of urea groups is 1. The van der Waals surface area contributed by atoms with Crippen molar-refractivity contribution in [2.45, 2.75) is 32.7 Å². The summed E-state index contributed by atoms with van der Waals surface area (Å²) in [6.45, 7) is 7.76. The van der Waals surface area contributed by atoms with Crippen molar-refractivity contribution in [3.63, 3.8) is 0 Å². The summed E-state index contributed by atoms with van der Waals surface area (Å²) in [4.78, 5) is 14.0. The molecule has 0 saturated carbocycles. The van der Waals surface area contributed by atoms with E-state index in [1.807, 2.05) is 32.1 Å². The molecule has 0 radical (unpaired) electrons. The Labute approximate surface area is 132 Å². The van der Waals surface area contributed by atoms with Gasteiger partial charge < -0.3 is 15.1 Å². The number of piperidine rings is 1. The van der Waals surface area contributed by atoms with Crippen LogP contribution in [0.2, 0.25) is 0 Å². The van der Waals surface area contributed by atoms with Gasteiger partial charge in [0.05, 0.1) is 6.26 Å². The van der Waals surface area contributed by atoms with Crippen molar-refractivity contribution in [1.29, 1.82) is 0 Å². The number of hydrogen-bond donors (Lipinski definition) is 2. The third-order valence-corrected chi connectivity index (χ3v) is 3.76. The minimum atomic E-state index is -0.0650. The first kappa shape index (κ1) is 16.6. The monoisotopic (exact) mass is 305 g/mol. The van der Waals surface area contributed by atoms with Crippen molar-refractivity contribution in [2.24, 2.45) is 5.92 Å². The van der Waals surface area contributed by atoms with Crippen LogP contribution in [0.4, 0.5) is 4.79 Å². The van der Waals surface area contributed by atoms with E-state index in [0.29, 0.717) is 5.92 Å². The van der Waals surface area contributed by atoms with Crippen LogP contribution in [-0.4, -0.2) is 43.2 Å². The topological polar surface area (TPSA) is 57.5 Å². The van der Waals surface area contributed by atoms with Gasteiger partial charge in [0.2, 0.25) is 0 Å². The first-order chi connectivity index (χ1) is 10.6. The van der Waals surface area contributed by atoms with Crippen molar-refractivity contribution < 1.29 is 9.21 Å². The molecule has 1 atom stereocenters. The van der Waals surface area contributed by atoms with Gasteiger partial charge in [-0.25, -0.2) is 4.79 Å². The molecule has 5 nitrogen and oxygen atoms in total. The fourth-order valence-corrected chi connectivity index (χ4v) is 2.74. The Balaban J connectivity index is 1.69. The molecule has 1 unspecified atom stereocenters. The van der Waals surface area contributed by atoms with Gasteiger partial charge in [-0.05, 0) is 57.4 Å². The Bertz CT molecular complexity index is 468. The second-order valence-corrected chi connectivity index (χ2v) is 6.19. The van der Waals surface area contributed by atoms with E-state index in [9.17, 15) is 4.79 Å². The molecule has 122 valence electrons. The lowest BCUT2D eigenvalue weighted by atomic mass is 9.98.